The number of ketones is 2. The van der Waals surface area contributed by atoms with Crippen LogP contribution in [0.3, 0.4) is 0 Å². The SMILES string of the molecule is Cc1cc(O)c2c(c1C)C(=O)c1ccccc1C2=O. The fourth-order valence-electron chi connectivity index (χ4n) is 2.56. The highest BCUT2D eigenvalue weighted by atomic mass is 16.3. The van der Waals surface area contributed by atoms with Gasteiger partial charge in [-0.05, 0) is 31.0 Å². The lowest BCUT2D eigenvalue weighted by atomic mass is 9.80. The van der Waals surface area contributed by atoms with E-state index in [4.69, 9.17) is 0 Å². The Bertz CT molecular complexity index is 742. The van der Waals surface area contributed by atoms with Crippen LogP contribution in [-0.4, -0.2) is 16.7 Å². The van der Waals surface area contributed by atoms with Gasteiger partial charge in [0.15, 0.2) is 11.6 Å². The second-order valence-electron chi connectivity index (χ2n) is 4.79. The number of aryl methyl sites for hydroxylation is 1. The third-order valence-corrected chi connectivity index (χ3v) is 3.70. The normalized spacial score (nSPS) is 13.2. The van der Waals surface area contributed by atoms with Crippen LogP contribution >= 0.6 is 0 Å². The predicted octanol–water partition coefficient (Wildman–Crippen LogP) is 2.78. The van der Waals surface area contributed by atoms with Crippen molar-refractivity contribution in [1.82, 2.24) is 0 Å². The maximum atomic E-state index is 12.5. The van der Waals surface area contributed by atoms with Crippen molar-refractivity contribution in [3.63, 3.8) is 0 Å². The van der Waals surface area contributed by atoms with E-state index >= 15 is 0 Å². The first-order valence-electron chi connectivity index (χ1n) is 6.04. The van der Waals surface area contributed by atoms with Gasteiger partial charge in [0.1, 0.15) is 5.75 Å². The van der Waals surface area contributed by atoms with E-state index in [1.54, 1.807) is 31.2 Å². The Morgan fingerprint density at radius 3 is 2.00 bits per heavy atom. The Balaban J connectivity index is 2.43. The quantitative estimate of drug-likeness (QED) is 0.669. The molecule has 0 unspecified atom stereocenters. The highest BCUT2D eigenvalue weighted by Crippen LogP contribution is 2.35. The van der Waals surface area contributed by atoms with Gasteiger partial charge in [-0.25, -0.2) is 0 Å². The maximum absolute atomic E-state index is 12.5. The molecule has 0 spiro atoms. The van der Waals surface area contributed by atoms with E-state index in [0.717, 1.165) is 11.1 Å². The molecule has 2 aromatic rings. The van der Waals surface area contributed by atoms with Crippen LogP contribution in [0.2, 0.25) is 0 Å². The monoisotopic (exact) mass is 252 g/mol. The molecule has 19 heavy (non-hydrogen) atoms. The van der Waals surface area contributed by atoms with Gasteiger partial charge in [-0.3, -0.25) is 9.59 Å². The first-order chi connectivity index (χ1) is 9.02. The van der Waals surface area contributed by atoms with Crippen molar-refractivity contribution in [3.8, 4) is 5.75 Å². The minimum absolute atomic E-state index is 0.119. The van der Waals surface area contributed by atoms with Gasteiger partial charge in [-0.1, -0.05) is 24.3 Å². The lowest BCUT2D eigenvalue weighted by Gasteiger charge is -2.21. The first-order valence-corrected chi connectivity index (χ1v) is 6.04. The number of carbonyl (C=O) groups is 2. The summed E-state index contributed by atoms with van der Waals surface area (Å²) in [5.74, 6) is -0.599. The van der Waals surface area contributed by atoms with Crippen molar-refractivity contribution < 1.29 is 14.7 Å². The van der Waals surface area contributed by atoms with Crippen LogP contribution in [0.25, 0.3) is 0 Å². The molecule has 0 radical (unpaired) electrons. The summed E-state index contributed by atoms with van der Waals surface area (Å²) < 4.78 is 0. The molecule has 0 heterocycles. The molecule has 0 bridgehead atoms. The number of rotatable bonds is 0. The molecule has 0 atom stereocenters. The minimum Gasteiger partial charge on any atom is -0.507 e. The summed E-state index contributed by atoms with van der Waals surface area (Å²) in [5.41, 5.74) is 2.79. The predicted molar refractivity (Wildman–Crippen MR) is 70.9 cm³/mol. The standard InChI is InChI=1S/C16H12O3/c1-8-7-12(17)14-13(9(8)2)15(18)10-5-3-4-6-11(10)16(14)19/h3-7,17H,1-2H3. The third kappa shape index (κ3) is 1.45. The molecule has 0 aromatic heterocycles. The minimum atomic E-state index is -0.286. The van der Waals surface area contributed by atoms with Gasteiger partial charge in [-0.2, -0.15) is 0 Å². The number of benzene rings is 2. The number of phenolic OH excluding ortho intramolecular Hbond substituents is 1. The number of aromatic hydroxyl groups is 1. The van der Waals surface area contributed by atoms with Crippen molar-refractivity contribution in [2.24, 2.45) is 0 Å². The fourth-order valence-corrected chi connectivity index (χ4v) is 2.56. The molecular weight excluding hydrogens is 240 g/mol. The van der Waals surface area contributed by atoms with Gasteiger partial charge in [-0.15, -0.1) is 0 Å². The Morgan fingerprint density at radius 2 is 1.42 bits per heavy atom. The van der Waals surface area contributed by atoms with E-state index in [2.05, 4.69) is 0 Å². The zero-order valence-corrected chi connectivity index (χ0v) is 10.7. The Hall–Kier alpha value is -2.42. The van der Waals surface area contributed by atoms with E-state index in [9.17, 15) is 14.7 Å². The molecule has 3 heteroatoms. The molecule has 0 aliphatic heterocycles. The molecule has 2 aromatic carbocycles. The van der Waals surface area contributed by atoms with Gasteiger partial charge >= 0.3 is 0 Å². The number of phenols is 1. The molecule has 0 saturated heterocycles. The number of hydrogen-bond acceptors (Lipinski definition) is 3. The van der Waals surface area contributed by atoms with Crippen LogP contribution in [0.5, 0.6) is 5.75 Å². The summed E-state index contributed by atoms with van der Waals surface area (Å²) in [7, 11) is 0. The average molecular weight is 252 g/mol. The second kappa shape index (κ2) is 3.79. The molecule has 0 fully saturated rings. The highest BCUT2D eigenvalue weighted by Gasteiger charge is 2.33. The van der Waals surface area contributed by atoms with Gasteiger partial charge in [0.2, 0.25) is 0 Å². The summed E-state index contributed by atoms with van der Waals surface area (Å²) in [6, 6.07) is 8.25. The Labute approximate surface area is 110 Å². The highest BCUT2D eigenvalue weighted by molar-refractivity contribution is 6.29. The molecule has 3 nitrogen and oxygen atoms in total. The summed E-state index contributed by atoms with van der Waals surface area (Å²) in [6.45, 7) is 3.61. The average Bonchev–Trinajstić information content (AvgIpc) is 2.40. The molecule has 1 N–H and O–H groups in total. The molecule has 3 rings (SSSR count). The second-order valence-corrected chi connectivity index (χ2v) is 4.79. The summed E-state index contributed by atoms with van der Waals surface area (Å²) in [6.07, 6.45) is 0. The first kappa shape index (κ1) is 11.7. The van der Waals surface area contributed by atoms with Crippen LogP contribution in [0.4, 0.5) is 0 Å². The van der Waals surface area contributed by atoms with Crippen molar-refractivity contribution in [2.45, 2.75) is 13.8 Å². The molecule has 0 saturated carbocycles. The lowest BCUT2D eigenvalue weighted by Crippen LogP contribution is -2.22. The zero-order valence-electron chi connectivity index (χ0n) is 10.7. The van der Waals surface area contributed by atoms with E-state index in [1.807, 2.05) is 6.92 Å². The zero-order chi connectivity index (χ0) is 13.7. The molecule has 1 aliphatic rings. The summed E-state index contributed by atoms with van der Waals surface area (Å²) in [5, 5.41) is 10.0. The van der Waals surface area contributed by atoms with Gasteiger partial charge in [0.25, 0.3) is 0 Å². The van der Waals surface area contributed by atoms with Crippen LogP contribution < -0.4 is 0 Å². The topological polar surface area (TPSA) is 54.4 Å². The number of carbonyl (C=O) groups excluding carboxylic acids is 2. The van der Waals surface area contributed by atoms with Crippen LogP contribution in [0.1, 0.15) is 43.0 Å². The lowest BCUT2D eigenvalue weighted by molar-refractivity contribution is 0.0976. The van der Waals surface area contributed by atoms with Gasteiger partial charge in [0.05, 0.1) is 5.56 Å². The van der Waals surface area contributed by atoms with Gasteiger partial charge < -0.3 is 5.11 Å². The van der Waals surface area contributed by atoms with Crippen molar-refractivity contribution >= 4 is 11.6 Å². The molecule has 1 aliphatic carbocycles. The van der Waals surface area contributed by atoms with Gasteiger partial charge in [0, 0.05) is 16.7 Å². The van der Waals surface area contributed by atoms with E-state index in [0.29, 0.717) is 16.7 Å². The smallest absolute Gasteiger partial charge is 0.198 e. The largest absolute Gasteiger partial charge is 0.507 e. The van der Waals surface area contributed by atoms with Crippen LogP contribution in [-0.2, 0) is 0 Å². The van der Waals surface area contributed by atoms with Crippen molar-refractivity contribution in [1.29, 1.82) is 0 Å². The number of hydrogen-bond donors (Lipinski definition) is 1. The fraction of sp³-hybridized carbons (Fsp3) is 0.125. The summed E-state index contributed by atoms with van der Waals surface area (Å²) >= 11 is 0. The van der Waals surface area contributed by atoms with Crippen molar-refractivity contribution in [3.05, 3.63) is 63.7 Å². The van der Waals surface area contributed by atoms with Crippen LogP contribution in [0.15, 0.2) is 30.3 Å². The molecule has 0 amide bonds. The van der Waals surface area contributed by atoms with E-state index in [1.165, 1.54) is 6.07 Å². The third-order valence-electron chi connectivity index (χ3n) is 3.70. The van der Waals surface area contributed by atoms with Crippen molar-refractivity contribution in [2.75, 3.05) is 0 Å². The molecule has 94 valence electrons. The van der Waals surface area contributed by atoms with Crippen LogP contribution in [0, 0.1) is 13.8 Å². The number of fused-ring (bicyclic) bond motifs is 2. The van der Waals surface area contributed by atoms with E-state index < -0.39 is 0 Å². The maximum Gasteiger partial charge on any atom is 0.198 e. The molecular formula is C16H12O3. The van der Waals surface area contributed by atoms with E-state index in [-0.39, 0.29) is 22.9 Å². The Kier molecular flexibility index (Phi) is 2.32. The Morgan fingerprint density at radius 1 is 0.895 bits per heavy atom. The summed E-state index contributed by atoms with van der Waals surface area (Å²) in [4.78, 5) is 24.9.